The van der Waals surface area contributed by atoms with E-state index in [0.29, 0.717) is 6.04 Å². The molecule has 0 saturated heterocycles. The lowest BCUT2D eigenvalue weighted by Crippen LogP contribution is -2.17. The second kappa shape index (κ2) is 6.46. The summed E-state index contributed by atoms with van der Waals surface area (Å²) in [5.74, 6) is 0. The fourth-order valence-electron chi connectivity index (χ4n) is 2.46. The van der Waals surface area contributed by atoms with Crippen LogP contribution >= 0.6 is 11.8 Å². The molecule has 1 aliphatic rings. The SMILES string of the molecule is CCNC(C)c1ccc(SC2CCCC2)cc1. The number of thioether (sulfide) groups is 1. The third-order valence-corrected chi connectivity index (χ3v) is 4.84. The Morgan fingerprint density at radius 1 is 1.24 bits per heavy atom. The molecule has 0 bridgehead atoms. The lowest BCUT2D eigenvalue weighted by Gasteiger charge is -2.14. The van der Waals surface area contributed by atoms with Gasteiger partial charge in [0.15, 0.2) is 0 Å². The van der Waals surface area contributed by atoms with Crippen molar-refractivity contribution in [1.82, 2.24) is 5.32 Å². The van der Waals surface area contributed by atoms with Crippen LogP contribution in [0.4, 0.5) is 0 Å². The predicted molar refractivity (Wildman–Crippen MR) is 76.6 cm³/mol. The van der Waals surface area contributed by atoms with Crippen LogP contribution in [0.2, 0.25) is 0 Å². The highest BCUT2D eigenvalue weighted by Gasteiger charge is 2.16. The largest absolute Gasteiger partial charge is 0.310 e. The summed E-state index contributed by atoms with van der Waals surface area (Å²) in [4.78, 5) is 1.43. The van der Waals surface area contributed by atoms with Gasteiger partial charge in [-0.1, -0.05) is 31.9 Å². The molecule has 2 rings (SSSR count). The summed E-state index contributed by atoms with van der Waals surface area (Å²) in [5, 5.41) is 4.32. The quantitative estimate of drug-likeness (QED) is 0.830. The lowest BCUT2D eigenvalue weighted by molar-refractivity contribution is 0.598. The molecule has 1 aromatic carbocycles. The fraction of sp³-hybridized carbons (Fsp3) is 0.600. The van der Waals surface area contributed by atoms with E-state index in [1.807, 2.05) is 0 Å². The average Bonchev–Trinajstić information content (AvgIpc) is 2.83. The Kier molecular flexibility index (Phi) is 4.93. The van der Waals surface area contributed by atoms with Crippen LogP contribution < -0.4 is 5.32 Å². The summed E-state index contributed by atoms with van der Waals surface area (Å²) in [6.45, 7) is 5.41. The van der Waals surface area contributed by atoms with Gasteiger partial charge in [0.1, 0.15) is 0 Å². The summed E-state index contributed by atoms with van der Waals surface area (Å²) in [5.41, 5.74) is 1.39. The van der Waals surface area contributed by atoms with Crippen molar-refractivity contribution in [3.05, 3.63) is 29.8 Å². The van der Waals surface area contributed by atoms with Crippen LogP contribution in [0, 0.1) is 0 Å². The molecule has 0 aliphatic heterocycles. The number of nitrogens with one attached hydrogen (secondary N) is 1. The zero-order chi connectivity index (χ0) is 12.1. The molecule has 2 heteroatoms. The van der Waals surface area contributed by atoms with E-state index in [2.05, 4.69) is 55.2 Å². The Hall–Kier alpha value is -0.470. The smallest absolute Gasteiger partial charge is 0.0291 e. The number of hydrogen-bond donors (Lipinski definition) is 1. The van der Waals surface area contributed by atoms with Crippen molar-refractivity contribution < 1.29 is 0 Å². The number of rotatable bonds is 5. The summed E-state index contributed by atoms with van der Waals surface area (Å²) in [7, 11) is 0. The van der Waals surface area contributed by atoms with Gasteiger partial charge in [-0.2, -0.15) is 0 Å². The summed E-state index contributed by atoms with van der Waals surface area (Å²) in [6, 6.07) is 9.57. The standard InChI is InChI=1S/C15H23NS/c1-3-16-12(2)13-8-10-15(11-9-13)17-14-6-4-5-7-14/h8-12,14,16H,3-7H2,1-2H3. The minimum atomic E-state index is 0.463. The van der Waals surface area contributed by atoms with Gasteiger partial charge in [0.2, 0.25) is 0 Å². The third kappa shape index (κ3) is 3.75. The molecule has 1 aliphatic carbocycles. The van der Waals surface area contributed by atoms with Crippen LogP contribution in [0.3, 0.4) is 0 Å². The Bertz CT molecular complexity index is 327. The number of benzene rings is 1. The lowest BCUT2D eigenvalue weighted by atomic mass is 10.1. The van der Waals surface area contributed by atoms with Gasteiger partial charge in [-0.15, -0.1) is 11.8 Å². The average molecular weight is 249 g/mol. The molecule has 0 radical (unpaired) electrons. The molecule has 1 fully saturated rings. The summed E-state index contributed by atoms with van der Waals surface area (Å²) < 4.78 is 0. The van der Waals surface area contributed by atoms with E-state index in [0.717, 1.165) is 11.8 Å². The van der Waals surface area contributed by atoms with Gasteiger partial charge in [0, 0.05) is 16.2 Å². The van der Waals surface area contributed by atoms with E-state index in [1.54, 1.807) is 0 Å². The highest BCUT2D eigenvalue weighted by Crippen LogP contribution is 2.34. The molecular formula is C15H23NS. The van der Waals surface area contributed by atoms with Crippen LogP contribution in [0.5, 0.6) is 0 Å². The molecule has 1 N–H and O–H groups in total. The first-order valence-corrected chi connectivity index (χ1v) is 7.67. The summed E-state index contributed by atoms with van der Waals surface area (Å²) in [6.07, 6.45) is 5.65. The highest BCUT2D eigenvalue weighted by molar-refractivity contribution is 8.00. The zero-order valence-corrected chi connectivity index (χ0v) is 11.7. The van der Waals surface area contributed by atoms with Crippen molar-refractivity contribution in [3.8, 4) is 0 Å². The minimum Gasteiger partial charge on any atom is -0.310 e. The van der Waals surface area contributed by atoms with Crippen molar-refractivity contribution in [2.45, 2.75) is 55.7 Å². The van der Waals surface area contributed by atoms with Crippen molar-refractivity contribution in [2.75, 3.05) is 6.54 Å². The van der Waals surface area contributed by atoms with E-state index in [4.69, 9.17) is 0 Å². The molecule has 0 aromatic heterocycles. The van der Waals surface area contributed by atoms with Crippen LogP contribution in [-0.4, -0.2) is 11.8 Å². The van der Waals surface area contributed by atoms with Gasteiger partial charge in [-0.25, -0.2) is 0 Å². The molecule has 0 spiro atoms. The first-order valence-electron chi connectivity index (χ1n) is 6.79. The highest BCUT2D eigenvalue weighted by atomic mass is 32.2. The number of hydrogen-bond acceptors (Lipinski definition) is 2. The molecule has 1 nitrogen and oxygen atoms in total. The maximum Gasteiger partial charge on any atom is 0.0291 e. The Morgan fingerprint density at radius 2 is 1.88 bits per heavy atom. The van der Waals surface area contributed by atoms with Crippen LogP contribution in [-0.2, 0) is 0 Å². The van der Waals surface area contributed by atoms with Crippen molar-refractivity contribution in [3.63, 3.8) is 0 Å². The third-order valence-electron chi connectivity index (χ3n) is 3.50. The minimum absolute atomic E-state index is 0.463. The molecular weight excluding hydrogens is 226 g/mol. The second-order valence-corrected chi connectivity index (χ2v) is 6.25. The van der Waals surface area contributed by atoms with Gasteiger partial charge < -0.3 is 5.32 Å². The molecule has 0 heterocycles. The topological polar surface area (TPSA) is 12.0 Å². The Balaban J connectivity index is 1.92. The van der Waals surface area contributed by atoms with Gasteiger partial charge in [0.25, 0.3) is 0 Å². The van der Waals surface area contributed by atoms with Gasteiger partial charge in [-0.3, -0.25) is 0 Å². The monoisotopic (exact) mass is 249 g/mol. The van der Waals surface area contributed by atoms with E-state index >= 15 is 0 Å². The molecule has 1 atom stereocenters. The molecule has 0 amide bonds. The van der Waals surface area contributed by atoms with Gasteiger partial charge in [-0.05, 0) is 44.0 Å². The normalized spacial score (nSPS) is 18.5. The first kappa shape index (κ1) is 13.0. The Morgan fingerprint density at radius 3 is 2.47 bits per heavy atom. The maximum absolute atomic E-state index is 3.45. The van der Waals surface area contributed by atoms with Crippen LogP contribution in [0.1, 0.15) is 51.1 Å². The predicted octanol–water partition coefficient (Wildman–Crippen LogP) is 4.39. The van der Waals surface area contributed by atoms with Crippen molar-refractivity contribution >= 4 is 11.8 Å². The Labute approximate surface area is 109 Å². The molecule has 17 heavy (non-hydrogen) atoms. The van der Waals surface area contributed by atoms with E-state index in [9.17, 15) is 0 Å². The second-order valence-electron chi connectivity index (χ2n) is 4.87. The fourth-order valence-corrected chi connectivity index (χ4v) is 3.70. The van der Waals surface area contributed by atoms with E-state index < -0.39 is 0 Å². The van der Waals surface area contributed by atoms with E-state index in [-0.39, 0.29) is 0 Å². The first-order chi connectivity index (χ1) is 8.29. The van der Waals surface area contributed by atoms with Crippen molar-refractivity contribution in [2.24, 2.45) is 0 Å². The summed E-state index contributed by atoms with van der Waals surface area (Å²) >= 11 is 2.06. The van der Waals surface area contributed by atoms with Gasteiger partial charge in [0.05, 0.1) is 0 Å². The molecule has 1 aromatic rings. The van der Waals surface area contributed by atoms with E-state index in [1.165, 1.54) is 36.1 Å². The molecule has 94 valence electrons. The van der Waals surface area contributed by atoms with Crippen LogP contribution in [0.15, 0.2) is 29.2 Å². The molecule has 1 saturated carbocycles. The molecule has 1 unspecified atom stereocenters. The van der Waals surface area contributed by atoms with Crippen molar-refractivity contribution in [1.29, 1.82) is 0 Å². The zero-order valence-electron chi connectivity index (χ0n) is 10.9. The van der Waals surface area contributed by atoms with Crippen LogP contribution in [0.25, 0.3) is 0 Å². The maximum atomic E-state index is 3.45. The van der Waals surface area contributed by atoms with Gasteiger partial charge >= 0.3 is 0 Å².